The highest BCUT2D eigenvalue weighted by atomic mass is 35.5. The molecule has 0 amide bonds. The molecule has 1 rings (SSSR count). The first kappa shape index (κ1) is 12.3. The summed E-state index contributed by atoms with van der Waals surface area (Å²) in [4.78, 5) is 10.2. The molecule has 0 atom stereocenters. The van der Waals surface area contributed by atoms with Gasteiger partial charge < -0.3 is 0 Å². The van der Waals surface area contributed by atoms with E-state index in [2.05, 4.69) is 6.92 Å². The number of benzene rings is 1. The van der Waals surface area contributed by atoms with E-state index in [4.69, 9.17) is 11.6 Å². The summed E-state index contributed by atoms with van der Waals surface area (Å²) in [5, 5.41) is 10.8. The van der Waals surface area contributed by atoms with Gasteiger partial charge in [-0.3, -0.25) is 10.1 Å². The van der Waals surface area contributed by atoms with E-state index in [0.717, 1.165) is 23.5 Å². The Morgan fingerprint density at radius 3 is 2.87 bits per heavy atom. The van der Waals surface area contributed by atoms with E-state index in [1.165, 1.54) is 0 Å². The summed E-state index contributed by atoms with van der Waals surface area (Å²) >= 11 is 7.47. The van der Waals surface area contributed by atoms with Gasteiger partial charge in [0.15, 0.2) is 0 Å². The molecule has 5 heteroatoms. The smallest absolute Gasteiger partial charge is 0.258 e. The molecule has 0 aliphatic heterocycles. The van der Waals surface area contributed by atoms with Gasteiger partial charge in [0.2, 0.25) is 0 Å². The lowest BCUT2D eigenvalue weighted by Gasteiger charge is -2.01. The summed E-state index contributed by atoms with van der Waals surface area (Å²) in [6, 6.07) is 4.96. The maximum absolute atomic E-state index is 10.6. The van der Waals surface area contributed by atoms with Gasteiger partial charge >= 0.3 is 0 Å². The standard InChI is InChI=1S/C10H12ClNO2S/c1-2-5-15-7-8-3-4-9(11)10(6-8)12(13)14/h3-4,6H,2,5,7H2,1H3. The topological polar surface area (TPSA) is 43.1 Å². The zero-order chi connectivity index (χ0) is 11.3. The SMILES string of the molecule is CCCSCc1ccc(Cl)c([N+](=O)[O-])c1. The molecular weight excluding hydrogens is 234 g/mol. The second-order valence-corrected chi connectivity index (χ2v) is 4.61. The third-order valence-electron chi connectivity index (χ3n) is 1.82. The van der Waals surface area contributed by atoms with E-state index in [-0.39, 0.29) is 10.7 Å². The van der Waals surface area contributed by atoms with Crippen LogP contribution in [0.2, 0.25) is 5.02 Å². The van der Waals surface area contributed by atoms with Gasteiger partial charge in [0, 0.05) is 11.8 Å². The molecule has 0 aliphatic rings. The number of nitrogens with zero attached hydrogens (tertiary/aromatic N) is 1. The van der Waals surface area contributed by atoms with Crippen molar-refractivity contribution >= 4 is 29.1 Å². The Morgan fingerprint density at radius 1 is 1.53 bits per heavy atom. The average Bonchev–Trinajstić information content (AvgIpc) is 2.20. The second-order valence-electron chi connectivity index (χ2n) is 3.10. The van der Waals surface area contributed by atoms with Crippen molar-refractivity contribution in [2.75, 3.05) is 5.75 Å². The maximum Gasteiger partial charge on any atom is 0.288 e. The summed E-state index contributed by atoms with van der Waals surface area (Å²) in [5.41, 5.74) is 0.941. The van der Waals surface area contributed by atoms with Crippen LogP contribution in [0.4, 0.5) is 5.69 Å². The highest BCUT2D eigenvalue weighted by Gasteiger charge is 2.12. The molecule has 15 heavy (non-hydrogen) atoms. The van der Waals surface area contributed by atoms with Gasteiger partial charge in [-0.2, -0.15) is 11.8 Å². The van der Waals surface area contributed by atoms with Crippen LogP contribution >= 0.6 is 23.4 Å². The molecule has 0 fully saturated rings. The predicted molar refractivity (Wildman–Crippen MR) is 64.6 cm³/mol. The van der Waals surface area contributed by atoms with Crippen molar-refractivity contribution in [3.63, 3.8) is 0 Å². The van der Waals surface area contributed by atoms with Crippen LogP contribution in [-0.2, 0) is 5.75 Å². The van der Waals surface area contributed by atoms with Crippen LogP contribution in [-0.4, -0.2) is 10.7 Å². The van der Waals surface area contributed by atoms with Crippen molar-refractivity contribution in [1.29, 1.82) is 0 Å². The Labute approximate surface area is 98.0 Å². The van der Waals surface area contributed by atoms with Crippen molar-refractivity contribution in [2.45, 2.75) is 19.1 Å². The highest BCUT2D eigenvalue weighted by Crippen LogP contribution is 2.26. The lowest BCUT2D eigenvalue weighted by Crippen LogP contribution is -1.91. The number of hydrogen-bond acceptors (Lipinski definition) is 3. The number of nitro benzene ring substituents is 1. The molecule has 0 saturated heterocycles. The second kappa shape index (κ2) is 5.98. The molecule has 0 saturated carbocycles. The zero-order valence-corrected chi connectivity index (χ0v) is 9.98. The van der Waals surface area contributed by atoms with Gasteiger partial charge in [0.25, 0.3) is 5.69 Å². The summed E-state index contributed by atoms with van der Waals surface area (Å²) < 4.78 is 0. The molecule has 82 valence electrons. The fourth-order valence-electron chi connectivity index (χ4n) is 1.12. The van der Waals surface area contributed by atoms with Crippen molar-refractivity contribution in [3.8, 4) is 0 Å². The quantitative estimate of drug-likeness (QED) is 0.449. The van der Waals surface area contributed by atoms with Crippen LogP contribution in [0.25, 0.3) is 0 Å². The molecule has 0 unspecified atom stereocenters. The third kappa shape index (κ3) is 3.72. The fraction of sp³-hybridized carbons (Fsp3) is 0.400. The Bertz CT molecular complexity index is 357. The molecular formula is C10H12ClNO2S. The summed E-state index contributed by atoms with van der Waals surface area (Å²) in [7, 11) is 0. The fourth-order valence-corrected chi connectivity index (χ4v) is 2.16. The third-order valence-corrected chi connectivity index (χ3v) is 3.38. The number of nitro groups is 1. The van der Waals surface area contributed by atoms with Gasteiger partial charge in [-0.15, -0.1) is 0 Å². The first-order valence-corrected chi connectivity index (χ1v) is 6.19. The molecule has 1 aromatic carbocycles. The summed E-state index contributed by atoms with van der Waals surface area (Å²) in [6.07, 6.45) is 1.11. The van der Waals surface area contributed by atoms with Gasteiger partial charge in [-0.1, -0.05) is 24.6 Å². The average molecular weight is 246 g/mol. The van der Waals surface area contributed by atoms with Crippen LogP contribution < -0.4 is 0 Å². The van der Waals surface area contributed by atoms with Gasteiger partial charge in [0.1, 0.15) is 5.02 Å². The maximum atomic E-state index is 10.6. The number of halogens is 1. The first-order valence-electron chi connectivity index (χ1n) is 4.65. The summed E-state index contributed by atoms with van der Waals surface area (Å²) in [5.74, 6) is 1.86. The van der Waals surface area contributed by atoms with Crippen molar-refractivity contribution in [3.05, 3.63) is 38.9 Å². The molecule has 1 aromatic rings. The van der Waals surface area contributed by atoms with E-state index in [1.807, 2.05) is 6.07 Å². The molecule has 0 bridgehead atoms. The predicted octanol–water partition coefficient (Wildman–Crippen LogP) is 3.89. The zero-order valence-electron chi connectivity index (χ0n) is 8.40. The number of thioether (sulfide) groups is 1. The van der Waals surface area contributed by atoms with E-state index >= 15 is 0 Å². The molecule has 0 aliphatic carbocycles. The van der Waals surface area contributed by atoms with Crippen molar-refractivity contribution < 1.29 is 4.92 Å². The lowest BCUT2D eigenvalue weighted by atomic mass is 10.2. The molecule has 0 spiro atoms. The molecule has 0 N–H and O–H groups in total. The van der Waals surface area contributed by atoms with Gasteiger partial charge in [-0.05, 0) is 23.8 Å². The van der Waals surface area contributed by atoms with Crippen LogP contribution in [0.3, 0.4) is 0 Å². The summed E-state index contributed by atoms with van der Waals surface area (Å²) in [6.45, 7) is 2.11. The van der Waals surface area contributed by atoms with Crippen molar-refractivity contribution in [1.82, 2.24) is 0 Å². The normalized spacial score (nSPS) is 10.3. The van der Waals surface area contributed by atoms with Gasteiger partial charge in [0.05, 0.1) is 4.92 Å². The molecule has 0 heterocycles. The van der Waals surface area contributed by atoms with E-state index in [1.54, 1.807) is 23.9 Å². The van der Waals surface area contributed by atoms with Crippen LogP contribution in [0.15, 0.2) is 18.2 Å². The first-order chi connectivity index (χ1) is 7.15. The van der Waals surface area contributed by atoms with Crippen LogP contribution in [0.1, 0.15) is 18.9 Å². The van der Waals surface area contributed by atoms with E-state index in [0.29, 0.717) is 0 Å². The monoisotopic (exact) mass is 245 g/mol. The van der Waals surface area contributed by atoms with Crippen LogP contribution in [0.5, 0.6) is 0 Å². The minimum absolute atomic E-state index is 0.00809. The number of hydrogen-bond donors (Lipinski definition) is 0. The van der Waals surface area contributed by atoms with Crippen LogP contribution in [0, 0.1) is 10.1 Å². The minimum Gasteiger partial charge on any atom is -0.258 e. The van der Waals surface area contributed by atoms with E-state index in [9.17, 15) is 10.1 Å². The minimum atomic E-state index is -0.448. The Balaban J connectivity index is 2.74. The molecule has 0 radical (unpaired) electrons. The molecule has 3 nitrogen and oxygen atoms in total. The van der Waals surface area contributed by atoms with E-state index < -0.39 is 4.92 Å². The largest absolute Gasteiger partial charge is 0.288 e. The molecule has 0 aromatic heterocycles. The van der Waals surface area contributed by atoms with Gasteiger partial charge in [-0.25, -0.2) is 0 Å². The highest BCUT2D eigenvalue weighted by molar-refractivity contribution is 7.98. The lowest BCUT2D eigenvalue weighted by molar-refractivity contribution is -0.384. The Kier molecular flexibility index (Phi) is 4.91. The van der Waals surface area contributed by atoms with Crippen molar-refractivity contribution in [2.24, 2.45) is 0 Å². The number of rotatable bonds is 5. The Morgan fingerprint density at radius 2 is 2.27 bits per heavy atom. The Hall–Kier alpha value is -0.740.